The van der Waals surface area contributed by atoms with Gasteiger partial charge in [-0.1, -0.05) is 17.8 Å². The van der Waals surface area contributed by atoms with Crippen molar-refractivity contribution in [1.29, 1.82) is 0 Å². The first-order chi connectivity index (χ1) is 8.63. The lowest BCUT2D eigenvalue weighted by molar-refractivity contribution is 0.102. The van der Waals surface area contributed by atoms with Crippen LogP contribution in [0.1, 0.15) is 40.0 Å². The minimum Gasteiger partial charge on any atom is -0.304 e. The van der Waals surface area contributed by atoms with E-state index in [4.69, 9.17) is 0 Å². The number of anilines is 1. The van der Waals surface area contributed by atoms with Crippen molar-refractivity contribution in [2.75, 3.05) is 5.32 Å². The molecule has 2 rings (SSSR count). The third kappa shape index (κ3) is 2.40. The lowest BCUT2D eigenvalue weighted by Crippen LogP contribution is -2.13. The van der Waals surface area contributed by atoms with Gasteiger partial charge in [-0.2, -0.15) is 5.10 Å². The summed E-state index contributed by atoms with van der Waals surface area (Å²) in [7, 11) is 0. The van der Waals surface area contributed by atoms with Crippen molar-refractivity contribution in [2.45, 2.75) is 33.6 Å². The van der Waals surface area contributed by atoms with Crippen LogP contribution in [0.2, 0.25) is 0 Å². The first-order valence-electron chi connectivity index (χ1n) is 5.77. The summed E-state index contributed by atoms with van der Waals surface area (Å²) in [4.78, 5) is 12.7. The first-order valence-corrected chi connectivity index (χ1v) is 6.55. The Morgan fingerprint density at radius 3 is 2.83 bits per heavy atom. The number of carbonyl (C=O) groups is 1. The zero-order valence-corrected chi connectivity index (χ0v) is 11.4. The minimum absolute atomic E-state index is 0.192. The van der Waals surface area contributed by atoms with Crippen LogP contribution in [0.25, 0.3) is 0 Å². The van der Waals surface area contributed by atoms with Crippen LogP contribution < -0.4 is 5.32 Å². The maximum Gasteiger partial charge on any atom is 0.270 e. The number of aryl methyl sites for hydroxylation is 2. The van der Waals surface area contributed by atoms with Gasteiger partial charge in [0.25, 0.3) is 5.91 Å². The Balaban J connectivity index is 2.17. The SMILES string of the molecule is CCCc1nnsc1C(=O)Nc1n[nH]c(C)c1C. The van der Waals surface area contributed by atoms with Gasteiger partial charge < -0.3 is 5.32 Å². The van der Waals surface area contributed by atoms with Crippen molar-refractivity contribution < 1.29 is 4.79 Å². The standard InChI is InChI=1S/C11H15N5OS/c1-4-5-8-9(18-16-14-8)11(17)12-10-6(2)7(3)13-15-10/h4-5H2,1-3H3,(H2,12,13,15,17). The van der Waals surface area contributed by atoms with Gasteiger partial charge in [0.15, 0.2) is 5.82 Å². The van der Waals surface area contributed by atoms with Crippen LogP contribution in [-0.2, 0) is 6.42 Å². The molecule has 1 amide bonds. The predicted octanol–water partition coefficient (Wildman–Crippen LogP) is 2.08. The number of aromatic amines is 1. The smallest absolute Gasteiger partial charge is 0.270 e. The second kappa shape index (κ2) is 5.26. The quantitative estimate of drug-likeness (QED) is 0.886. The van der Waals surface area contributed by atoms with Gasteiger partial charge in [0.2, 0.25) is 0 Å². The van der Waals surface area contributed by atoms with Gasteiger partial charge in [-0.15, -0.1) is 5.10 Å². The van der Waals surface area contributed by atoms with E-state index in [1.807, 2.05) is 20.8 Å². The average Bonchev–Trinajstić information content (AvgIpc) is 2.92. The van der Waals surface area contributed by atoms with E-state index in [2.05, 4.69) is 25.1 Å². The van der Waals surface area contributed by atoms with Gasteiger partial charge in [-0.05, 0) is 31.8 Å². The Morgan fingerprint density at radius 2 is 2.22 bits per heavy atom. The molecule has 0 radical (unpaired) electrons. The normalized spacial score (nSPS) is 10.6. The zero-order chi connectivity index (χ0) is 13.1. The third-order valence-electron chi connectivity index (χ3n) is 2.73. The summed E-state index contributed by atoms with van der Waals surface area (Å²) < 4.78 is 3.83. The highest BCUT2D eigenvalue weighted by molar-refractivity contribution is 7.08. The molecular weight excluding hydrogens is 250 g/mol. The first kappa shape index (κ1) is 12.7. The maximum absolute atomic E-state index is 12.1. The molecule has 2 heterocycles. The van der Waals surface area contributed by atoms with Crippen LogP contribution in [0.5, 0.6) is 0 Å². The second-order valence-electron chi connectivity index (χ2n) is 4.08. The number of nitrogens with zero attached hydrogens (tertiary/aromatic N) is 3. The highest BCUT2D eigenvalue weighted by Gasteiger charge is 2.17. The lowest BCUT2D eigenvalue weighted by atomic mass is 10.2. The molecule has 2 aromatic rings. The number of aromatic nitrogens is 4. The molecule has 0 bridgehead atoms. The Bertz CT molecular complexity index is 560. The molecule has 7 heteroatoms. The minimum atomic E-state index is -0.192. The summed E-state index contributed by atoms with van der Waals surface area (Å²) in [5.41, 5.74) is 2.64. The van der Waals surface area contributed by atoms with E-state index in [0.29, 0.717) is 10.7 Å². The summed E-state index contributed by atoms with van der Waals surface area (Å²) in [5, 5.41) is 13.6. The zero-order valence-electron chi connectivity index (χ0n) is 10.6. The summed E-state index contributed by atoms with van der Waals surface area (Å²) in [6.45, 7) is 5.86. The number of carbonyl (C=O) groups excluding carboxylic acids is 1. The lowest BCUT2D eigenvalue weighted by Gasteiger charge is -2.02. The number of amides is 1. The molecule has 18 heavy (non-hydrogen) atoms. The topological polar surface area (TPSA) is 83.6 Å². The molecule has 96 valence electrons. The Hall–Kier alpha value is -1.76. The van der Waals surface area contributed by atoms with Crippen LogP contribution in [0, 0.1) is 13.8 Å². The summed E-state index contributed by atoms with van der Waals surface area (Å²) in [6.07, 6.45) is 1.70. The van der Waals surface area contributed by atoms with Crippen molar-refractivity contribution in [1.82, 2.24) is 19.8 Å². The molecule has 0 atom stereocenters. The van der Waals surface area contributed by atoms with E-state index in [9.17, 15) is 4.79 Å². The fraction of sp³-hybridized carbons (Fsp3) is 0.455. The molecule has 0 aromatic carbocycles. The molecule has 0 spiro atoms. The summed E-state index contributed by atoms with van der Waals surface area (Å²) >= 11 is 1.12. The van der Waals surface area contributed by atoms with Crippen LogP contribution in [-0.4, -0.2) is 25.7 Å². The third-order valence-corrected chi connectivity index (χ3v) is 3.50. The second-order valence-corrected chi connectivity index (χ2v) is 4.83. The number of rotatable bonds is 4. The van der Waals surface area contributed by atoms with Gasteiger partial charge >= 0.3 is 0 Å². The average molecular weight is 265 g/mol. The van der Waals surface area contributed by atoms with Gasteiger partial charge in [-0.3, -0.25) is 9.89 Å². The van der Waals surface area contributed by atoms with Gasteiger partial charge in [0, 0.05) is 11.3 Å². The van der Waals surface area contributed by atoms with E-state index in [-0.39, 0.29) is 5.91 Å². The molecule has 2 aromatic heterocycles. The fourth-order valence-electron chi connectivity index (χ4n) is 1.55. The van der Waals surface area contributed by atoms with Crippen molar-refractivity contribution in [3.05, 3.63) is 21.8 Å². The molecule has 0 saturated carbocycles. The van der Waals surface area contributed by atoms with Crippen molar-refractivity contribution in [3.8, 4) is 0 Å². The Labute approximate surface area is 109 Å². The maximum atomic E-state index is 12.1. The van der Waals surface area contributed by atoms with E-state index >= 15 is 0 Å². The molecule has 0 fully saturated rings. The Morgan fingerprint density at radius 1 is 1.44 bits per heavy atom. The van der Waals surface area contributed by atoms with E-state index in [1.54, 1.807) is 0 Å². The highest BCUT2D eigenvalue weighted by Crippen LogP contribution is 2.18. The van der Waals surface area contributed by atoms with Crippen LogP contribution in [0.3, 0.4) is 0 Å². The summed E-state index contributed by atoms with van der Waals surface area (Å²) in [6, 6.07) is 0. The van der Waals surface area contributed by atoms with Gasteiger partial charge in [-0.25, -0.2) is 0 Å². The van der Waals surface area contributed by atoms with E-state index in [0.717, 1.165) is 41.3 Å². The Kier molecular flexibility index (Phi) is 3.71. The molecule has 2 N–H and O–H groups in total. The monoisotopic (exact) mass is 265 g/mol. The van der Waals surface area contributed by atoms with Crippen LogP contribution in [0.15, 0.2) is 0 Å². The molecule has 0 unspecified atom stereocenters. The van der Waals surface area contributed by atoms with Crippen LogP contribution in [0.4, 0.5) is 5.82 Å². The van der Waals surface area contributed by atoms with Crippen molar-refractivity contribution >= 4 is 23.3 Å². The number of hydrogen-bond donors (Lipinski definition) is 2. The number of nitrogens with one attached hydrogen (secondary N) is 2. The molecular formula is C11H15N5OS. The van der Waals surface area contributed by atoms with Gasteiger partial charge in [0.1, 0.15) is 4.88 Å². The van der Waals surface area contributed by atoms with Crippen molar-refractivity contribution in [2.24, 2.45) is 0 Å². The molecule has 0 aliphatic heterocycles. The number of H-pyrrole nitrogens is 1. The fourth-order valence-corrected chi connectivity index (χ4v) is 2.16. The van der Waals surface area contributed by atoms with Crippen molar-refractivity contribution in [3.63, 3.8) is 0 Å². The molecule has 6 nitrogen and oxygen atoms in total. The van der Waals surface area contributed by atoms with E-state index < -0.39 is 0 Å². The summed E-state index contributed by atoms with van der Waals surface area (Å²) in [5.74, 6) is 0.372. The van der Waals surface area contributed by atoms with Crippen LogP contribution >= 0.6 is 11.5 Å². The number of hydrogen-bond acceptors (Lipinski definition) is 5. The largest absolute Gasteiger partial charge is 0.304 e. The highest BCUT2D eigenvalue weighted by atomic mass is 32.1. The molecule has 0 saturated heterocycles. The molecule has 0 aliphatic rings. The predicted molar refractivity (Wildman–Crippen MR) is 69.9 cm³/mol. The van der Waals surface area contributed by atoms with E-state index in [1.165, 1.54) is 0 Å². The van der Waals surface area contributed by atoms with Gasteiger partial charge in [0.05, 0.1) is 5.69 Å². The molecule has 0 aliphatic carbocycles.